The third kappa shape index (κ3) is 6.21. The van der Waals surface area contributed by atoms with Gasteiger partial charge in [-0.2, -0.15) is 4.31 Å². The van der Waals surface area contributed by atoms with Crippen LogP contribution in [0.2, 0.25) is 0 Å². The average molecular weight is 447 g/mol. The molecule has 1 aliphatic heterocycles. The third-order valence-electron chi connectivity index (χ3n) is 5.24. The number of carbonyl (C=O) groups excluding carboxylic acids is 1. The summed E-state index contributed by atoms with van der Waals surface area (Å²) in [5.41, 5.74) is 0.211. The number of carbonyl (C=O) groups is 1. The summed E-state index contributed by atoms with van der Waals surface area (Å²) in [6, 6.07) is 13.9. The van der Waals surface area contributed by atoms with Crippen molar-refractivity contribution in [2.24, 2.45) is 0 Å². The van der Waals surface area contributed by atoms with E-state index in [4.69, 9.17) is 9.47 Å². The first-order valence-corrected chi connectivity index (χ1v) is 12.1. The lowest BCUT2D eigenvalue weighted by Gasteiger charge is -2.20. The Morgan fingerprint density at radius 1 is 1.03 bits per heavy atom. The van der Waals surface area contributed by atoms with Crippen LogP contribution in [0.1, 0.15) is 42.5 Å². The average Bonchev–Trinajstić information content (AvgIpc) is 3.09. The predicted molar refractivity (Wildman–Crippen MR) is 119 cm³/mol. The Balaban J connectivity index is 1.63. The molecule has 0 aliphatic carbocycles. The summed E-state index contributed by atoms with van der Waals surface area (Å²) in [7, 11) is -2.19. The van der Waals surface area contributed by atoms with Crippen molar-refractivity contribution < 1.29 is 22.7 Å². The fourth-order valence-corrected chi connectivity index (χ4v) is 5.08. The highest BCUT2D eigenvalue weighted by Gasteiger charge is 2.27. The van der Waals surface area contributed by atoms with Gasteiger partial charge in [-0.15, -0.1) is 0 Å². The van der Waals surface area contributed by atoms with Crippen molar-refractivity contribution in [1.82, 2.24) is 9.62 Å². The Hall–Kier alpha value is -2.58. The van der Waals surface area contributed by atoms with Gasteiger partial charge in [0.05, 0.1) is 24.2 Å². The van der Waals surface area contributed by atoms with Crippen molar-refractivity contribution >= 4 is 15.9 Å². The Bertz CT molecular complexity index is 955. The summed E-state index contributed by atoms with van der Waals surface area (Å²) < 4.78 is 38.6. The number of ether oxygens (including phenoxy) is 2. The summed E-state index contributed by atoms with van der Waals surface area (Å²) in [4.78, 5) is 12.8. The number of methoxy groups -OCH3 is 1. The normalized spacial score (nSPS) is 15.1. The van der Waals surface area contributed by atoms with Crippen molar-refractivity contribution in [3.8, 4) is 11.5 Å². The number of hydrogen-bond donors (Lipinski definition) is 1. The van der Waals surface area contributed by atoms with Crippen LogP contribution in [-0.4, -0.2) is 52.0 Å². The fraction of sp³-hybridized carbons (Fsp3) is 0.435. The third-order valence-corrected chi connectivity index (χ3v) is 7.13. The van der Waals surface area contributed by atoms with Crippen LogP contribution >= 0.6 is 0 Å². The minimum Gasteiger partial charge on any atom is -0.496 e. The molecule has 0 bridgehead atoms. The first-order chi connectivity index (χ1) is 15.0. The summed E-state index contributed by atoms with van der Waals surface area (Å²) in [5.74, 6) is 0.749. The number of sulfonamides is 1. The topological polar surface area (TPSA) is 84.9 Å². The molecule has 3 rings (SSSR count). The Kier molecular flexibility index (Phi) is 8.31. The van der Waals surface area contributed by atoms with Gasteiger partial charge in [0, 0.05) is 19.6 Å². The molecule has 31 heavy (non-hydrogen) atoms. The van der Waals surface area contributed by atoms with Gasteiger partial charge in [-0.1, -0.05) is 31.0 Å². The molecule has 0 unspecified atom stereocenters. The van der Waals surface area contributed by atoms with Crippen LogP contribution in [0.4, 0.5) is 0 Å². The van der Waals surface area contributed by atoms with Gasteiger partial charge in [0.25, 0.3) is 5.91 Å². The lowest BCUT2D eigenvalue weighted by atomic mass is 10.2. The summed E-state index contributed by atoms with van der Waals surface area (Å²) in [6.45, 7) is 1.89. The number of hydrogen-bond acceptors (Lipinski definition) is 5. The molecule has 2 aromatic rings. The van der Waals surface area contributed by atoms with E-state index in [0.29, 0.717) is 38.4 Å². The molecule has 1 heterocycles. The highest BCUT2D eigenvalue weighted by atomic mass is 32.2. The second-order valence-corrected chi connectivity index (χ2v) is 9.39. The molecule has 8 heteroatoms. The second-order valence-electron chi connectivity index (χ2n) is 7.45. The molecule has 0 radical (unpaired) electrons. The molecule has 1 fully saturated rings. The van der Waals surface area contributed by atoms with Crippen LogP contribution in [0.15, 0.2) is 53.4 Å². The summed E-state index contributed by atoms with van der Waals surface area (Å²) in [5, 5.41) is 2.82. The van der Waals surface area contributed by atoms with E-state index < -0.39 is 10.0 Å². The van der Waals surface area contributed by atoms with E-state index in [-0.39, 0.29) is 16.4 Å². The minimum absolute atomic E-state index is 0.118. The van der Waals surface area contributed by atoms with E-state index in [2.05, 4.69) is 5.32 Å². The zero-order valence-electron chi connectivity index (χ0n) is 17.9. The number of para-hydroxylation sites is 1. The lowest BCUT2D eigenvalue weighted by molar-refractivity contribution is 0.0948. The standard InChI is InChI=1S/C23H30N2O5S/c1-29-22-13-12-20(31(27,28)25-15-7-2-3-8-16-25)18-21(22)23(26)24-14-9-17-30-19-10-5-4-6-11-19/h4-6,10-13,18H,2-3,7-9,14-17H2,1H3,(H,24,26). The van der Waals surface area contributed by atoms with E-state index in [1.807, 2.05) is 30.3 Å². The summed E-state index contributed by atoms with van der Waals surface area (Å²) >= 11 is 0. The van der Waals surface area contributed by atoms with Gasteiger partial charge >= 0.3 is 0 Å². The highest BCUT2D eigenvalue weighted by Crippen LogP contribution is 2.26. The largest absolute Gasteiger partial charge is 0.496 e. The highest BCUT2D eigenvalue weighted by molar-refractivity contribution is 7.89. The first-order valence-electron chi connectivity index (χ1n) is 10.7. The molecule has 1 aliphatic rings. The number of amides is 1. The van der Waals surface area contributed by atoms with Crippen molar-refractivity contribution in [2.75, 3.05) is 33.4 Å². The van der Waals surface area contributed by atoms with Gasteiger partial charge < -0.3 is 14.8 Å². The molecule has 0 aromatic heterocycles. The predicted octanol–water partition coefficient (Wildman–Crippen LogP) is 3.46. The molecule has 1 saturated heterocycles. The second kappa shape index (κ2) is 11.2. The van der Waals surface area contributed by atoms with E-state index in [0.717, 1.165) is 31.4 Å². The first kappa shape index (κ1) is 23.1. The van der Waals surface area contributed by atoms with Crippen molar-refractivity contribution in [3.63, 3.8) is 0 Å². The quantitative estimate of drug-likeness (QED) is 0.597. The summed E-state index contributed by atoms with van der Waals surface area (Å²) in [6.07, 6.45) is 4.41. The zero-order chi connectivity index (χ0) is 22.1. The molecule has 1 N–H and O–H groups in total. The van der Waals surface area contributed by atoms with Crippen LogP contribution in [0.25, 0.3) is 0 Å². The smallest absolute Gasteiger partial charge is 0.255 e. The Labute approximate surface area is 184 Å². The molecule has 168 valence electrons. The lowest BCUT2D eigenvalue weighted by Crippen LogP contribution is -2.32. The maximum absolute atomic E-state index is 13.1. The molecule has 7 nitrogen and oxygen atoms in total. The molecule has 2 aromatic carbocycles. The van der Waals surface area contributed by atoms with Gasteiger partial charge in [0.2, 0.25) is 10.0 Å². The molecule has 1 amide bonds. The van der Waals surface area contributed by atoms with Crippen molar-refractivity contribution in [3.05, 3.63) is 54.1 Å². The van der Waals surface area contributed by atoms with Gasteiger partial charge in [-0.05, 0) is 49.6 Å². The van der Waals surface area contributed by atoms with Gasteiger partial charge in [-0.3, -0.25) is 4.79 Å². The molecular formula is C23H30N2O5S. The van der Waals surface area contributed by atoms with Crippen LogP contribution in [0.5, 0.6) is 11.5 Å². The van der Waals surface area contributed by atoms with Crippen LogP contribution in [-0.2, 0) is 10.0 Å². The van der Waals surface area contributed by atoms with Crippen LogP contribution in [0.3, 0.4) is 0 Å². The van der Waals surface area contributed by atoms with E-state index >= 15 is 0 Å². The van der Waals surface area contributed by atoms with Crippen LogP contribution in [0, 0.1) is 0 Å². The maximum Gasteiger partial charge on any atom is 0.255 e. The van der Waals surface area contributed by atoms with Crippen LogP contribution < -0.4 is 14.8 Å². The van der Waals surface area contributed by atoms with E-state index in [1.54, 1.807) is 0 Å². The number of nitrogens with one attached hydrogen (secondary N) is 1. The monoisotopic (exact) mass is 446 g/mol. The maximum atomic E-state index is 13.1. The van der Waals surface area contributed by atoms with Crippen molar-refractivity contribution in [1.29, 1.82) is 0 Å². The number of rotatable bonds is 9. The SMILES string of the molecule is COc1ccc(S(=O)(=O)N2CCCCCC2)cc1C(=O)NCCCOc1ccccc1. The van der Waals surface area contributed by atoms with E-state index in [9.17, 15) is 13.2 Å². The molecule has 0 spiro atoms. The number of nitrogens with zero attached hydrogens (tertiary/aromatic N) is 1. The fourth-order valence-electron chi connectivity index (χ4n) is 3.53. The zero-order valence-corrected chi connectivity index (χ0v) is 18.7. The molecule has 0 saturated carbocycles. The Morgan fingerprint density at radius 3 is 2.42 bits per heavy atom. The van der Waals surface area contributed by atoms with Gasteiger partial charge in [0.1, 0.15) is 11.5 Å². The molecule has 0 atom stereocenters. The minimum atomic E-state index is -3.65. The van der Waals surface area contributed by atoms with Gasteiger partial charge in [-0.25, -0.2) is 8.42 Å². The Morgan fingerprint density at radius 2 is 1.74 bits per heavy atom. The van der Waals surface area contributed by atoms with Gasteiger partial charge in [0.15, 0.2) is 0 Å². The van der Waals surface area contributed by atoms with E-state index in [1.165, 1.54) is 29.6 Å². The molecular weight excluding hydrogens is 416 g/mol. The van der Waals surface area contributed by atoms with Crippen molar-refractivity contribution in [2.45, 2.75) is 37.0 Å². The number of benzene rings is 2.